The van der Waals surface area contributed by atoms with E-state index in [1.807, 2.05) is 19.0 Å². The summed E-state index contributed by atoms with van der Waals surface area (Å²) in [4.78, 5) is 20.6. The van der Waals surface area contributed by atoms with Crippen LogP contribution < -0.4 is 9.62 Å². The van der Waals surface area contributed by atoms with Gasteiger partial charge < -0.3 is 9.32 Å². The first-order chi connectivity index (χ1) is 17.1. The summed E-state index contributed by atoms with van der Waals surface area (Å²) in [7, 11) is -0.104. The van der Waals surface area contributed by atoms with Gasteiger partial charge in [-0.2, -0.15) is 4.98 Å². The van der Waals surface area contributed by atoms with Crippen LogP contribution in [0.4, 0.5) is 20.5 Å². The Bertz CT molecular complexity index is 1470. The highest BCUT2D eigenvalue weighted by atomic mass is 32.2. The van der Waals surface area contributed by atoms with Crippen molar-refractivity contribution in [3.63, 3.8) is 0 Å². The molecule has 0 fully saturated rings. The van der Waals surface area contributed by atoms with Crippen LogP contribution >= 0.6 is 0 Å². The first-order valence-electron chi connectivity index (χ1n) is 11.0. The number of nitrogens with zero attached hydrogens (tertiary/aromatic N) is 3. The minimum Gasteiger partial charge on any atom is -0.423 e. The summed E-state index contributed by atoms with van der Waals surface area (Å²) in [5, 5.41) is 0. The van der Waals surface area contributed by atoms with Crippen LogP contribution in [0.15, 0.2) is 76.0 Å². The number of nitrogens with one attached hydrogen (secondary N) is 1. The standard InChI is InChI=1S/C25H24F2N4O4S/c1-30(2)13-6-14-31(25-28-23-21(27)15-18(26)16-22(23)35-25)24(32)17-9-11-20(12-10-17)36(33,34)29-19-7-4-3-5-8-19/h3-5,7-12,15-16,29H,6,13-14H2,1-2H3. The van der Waals surface area contributed by atoms with Crippen LogP contribution in [-0.4, -0.2) is 51.4 Å². The largest absolute Gasteiger partial charge is 0.423 e. The van der Waals surface area contributed by atoms with E-state index >= 15 is 0 Å². The summed E-state index contributed by atoms with van der Waals surface area (Å²) >= 11 is 0. The van der Waals surface area contributed by atoms with Gasteiger partial charge in [0.2, 0.25) is 0 Å². The number of carbonyl (C=O) groups excluding carboxylic acids is 1. The summed E-state index contributed by atoms with van der Waals surface area (Å²) in [5.41, 5.74) is 0.267. The molecular weight excluding hydrogens is 490 g/mol. The lowest BCUT2D eigenvalue weighted by molar-refractivity contribution is 0.0981. The molecule has 0 bridgehead atoms. The molecule has 0 unspecified atom stereocenters. The minimum atomic E-state index is -3.87. The lowest BCUT2D eigenvalue weighted by atomic mass is 10.2. The molecule has 0 saturated carbocycles. The van der Waals surface area contributed by atoms with Crippen molar-refractivity contribution in [2.45, 2.75) is 11.3 Å². The molecular formula is C25H24F2N4O4S. The third-order valence-electron chi connectivity index (χ3n) is 5.30. The first-order valence-corrected chi connectivity index (χ1v) is 12.5. The van der Waals surface area contributed by atoms with Crippen molar-refractivity contribution in [3.8, 4) is 0 Å². The molecule has 0 aliphatic rings. The van der Waals surface area contributed by atoms with E-state index in [0.29, 0.717) is 24.7 Å². The van der Waals surface area contributed by atoms with Crippen molar-refractivity contribution in [2.24, 2.45) is 0 Å². The molecule has 11 heteroatoms. The van der Waals surface area contributed by atoms with E-state index in [9.17, 15) is 22.0 Å². The normalized spacial score (nSPS) is 11.7. The average Bonchev–Trinajstić information content (AvgIpc) is 3.26. The van der Waals surface area contributed by atoms with Crippen molar-refractivity contribution >= 4 is 38.7 Å². The lowest BCUT2D eigenvalue weighted by Gasteiger charge is -2.20. The van der Waals surface area contributed by atoms with E-state index in [0.717, 1.165) is 6.07 Å². The maximum Gasteiger partial charge on any atom is 0.305 e. The Morgan fingerprint density at radius 1 is 1.00 bits per heavy atom. The van der Waals surface area contributed by atoms with E-state index < -0.39 is 27.6 Å². The molecule has 4 aromatic rings. The number of anilines is 2. The number of oxazole rings is 1. The molecule has 0 atom stereocenters. The van der Waals surface area contributed by atoms with Gasteiger partial charge in [0.15, 0.2) is 11.4 Å². The van der Waals surface area contributed by atoms with E-state index in [4.69, 9.17) is 4.42 Å². The Balaban J connectivity index is 1.61. The van der Waals surface area contributed by atoms with Gasteiger partial charge in [0.05, 0.1) is 4.90 Å². The zero-order chi connectivity index (χ0) is 25.9. The Kier molecular flexibility index (Phi) is 7.32. The van der Waals surface area contributed by atoms with Crippen molar-refractivity contribution in [3.05, 3.63) is 83.9 Å². The number of aromatic nitrogens is 1. The monoisotopic (exact) mass is 514 g/mol. The molecule has 0 saturated heterocycles. The Hall–Kier alpha value is -3.83. The number of carbonyl (C=O) groups is 1. The number of rotatable bonds is 9. The first kappa shape index (κ1) is 25.3. The van der Waals surface area contributed by atoms with Crippen molar-refractivity contribution < 1.29 is 26.4 Å². The van der Waals surface area contributed by atoms with Crippen molar-refractivity contribution in [1.29, 1.82) is 0 Å². The highest BCUT2D eigenvalue weighted by molar-refractivity contribution is 7.92. The quantitative estimate of drug-likeness (QED) is 0.353. The highest BCUT2D eigenvalue weighted by Gasteiger charge is 2.25. The fourth-order valence-electron chi connectivity index (χ4n) is 3.54. The predicted molar refractivity (Wildman–Crippen MR) is 132 cm³/mol. The van der Waals surface area contributed by atoms with Crippen LogP contribution in [0.25, 0.3) is 11.1 Å². The molecule has 1 aromatic heterocycles. The van der Waals surface area contributed by atoms with Gasteiger partial charge in [-0.05, 0) is 63.5 Å². The number of hydrogen-bond donors (Lipinski definition) is 1. The molecule has 1 heterocycles. The summed E-state index contributed by atoms with van der Waals surface area (Å²) in [6, 6.07) is 15.3. The fraction of sp³-hybridized carbons (Fsp3) is 0.200. The van der Waals surface area contributed by atoms with Crippen LogP contribution in [0, 0.1) is 11.6 Å². The number of fused-ring (bicyclic) bond motifs is 1. The maximum absolute atomic E-state index is 14.2. The second-order valence-electron chi connectivity index (χ2n) is 8.34. The van der Waals surface area contributed by atoms with Gasteiger partial charge in [0, 0.05) is 29.9 Å². The summed E-state index contributed by atoms with van der Waals surface area (Å²) in [6.07, 6.45) is 0.543. The van der Waals surface area contributed by atoms with Gasteiger partial charge in [-0.25, -0.2) is 17.2 Å². The van der Waals surface area contributed by atoms with Gasteiger partial charge in [-0.1, -0.05) is 18.2 Å². The molecule has 4 rings (SSSR count). The fourth-order valence-corrected chi connectivity index (χ4v) is 4.60. The third kappa shape index (κ3) is 5.69. The molecule has 0 spiro atoms. The smallest absolute Gasteiger partial charge is 0.305 e. The van der Waals surface area contributed by atoms with E-state index in [2.05, 4.69) is 9.71 Å². The third-order valence-corrected chi connectivity index (χ3v) is 6.70. The van der Waals surface area contributed by atoms with Crippen LogP contribution in [0.3, 0.4) is 0 Å². The molecule has 1 N–H and O–H groups in total. The molecule has 1 amide bonds. The Morgan fingerprint density at radius 3 is 2.36 bits per heavy atom. The number of sulfonamides is 1. The van der Waals surface area contributed by atoms with Crippen molar-refractivity contribution in [2.75, 3.05) is 36.8 Å². The van der Waals surface area contributed by atoms with Crippen LogP contribution in [-0.2, 0) is 10.0 Å². The van der Waals surface area contributed by atoms with Gasteiger partial charge in [-0.15, -0.1) is 0 Å². The van der Waals surface area contributed by atoms with E-state index in [1.165, 1.54) is 29.2 Å². The minimum absolute atomic E-state index is 0.0264. The number of para-hydroxylation sites is 1. The Morgan fingerprint density at radius 2 is 1.69 bits per heavy atom. The van der Waals surface area contributed by atoms with Gasteiger partial charge in [-0.3, -0.25) is 14.4 Å². The summed E-state index contributed by atoms with van der Waals surface area (Å²) in [6.45, 7) is 0.832. The molecule has 0 aliphatic heterocycles. The highest BCUT2D eigenvalue weighted by Crippen LogP contribution is 2.27. The summed E-state index contributed by atoms with van der Waals surface area (Å²) < 4.78 is 61.2. The summed E-state index contributed by atoms with van der Waals surface area (Å²) in [5.74, 6) is -2.25. The number of halogens is 2. The lowest BCUT2D eigenvalue weighted by Crippen LogP contribution is -2.33. The van der Waals surface area contributed by atoms with Crippen LogP contribution in [0.2, 0.25) is 0 Å². The van der Waals surface area contributed by atoms with Crippen LogP contribution in [0.1, 0.15) is 16.8 Å². The molecule has 36 heavy (non-hydrogen) atoms. The Labute approximate surface area is 207 Å². The van der Waals surface area contributed by atoms with E-state index in [-0.39, 0.29) is 34.1 Å². The molecule has 8 nitrogen and oxygen atoms in total. The molecule has 188 valence electrons. The van der Waals surface area contributed by atoms with E-state index in [1.54, 1.807) is 30.3 Å². The van der Waals surface area contributed by atoms with Gasteiger partial charge >= 0.3 is 6.01 Å². The number of amides is 1. The zero-order valence-corrected chi connectivity index (χ0v) is 20.4. The van der Waals surface area contributed by atoms with Gasteiger partial charge in [0.25, 0.3) is 15.9 Å². The van der Waals surface area contributed by atoms with Crippen molar-refractivity contribution in [1.82, 2.24) is 9.88 Å². The number of benzene rings is 3. The predicted octanol–water partition coefficient (Wildman–Crippen LogP) is 4.51. The van der Waals surface area contributed by atoms with Crippen LogP contribution in [0.5, 0.6) is 0 Å². The second-order valence-corrected chi connectivity index (χ2v) is 10.0. The topological polar surface area (TPSA) is 95.8 Å². The average molecular weight is 515 g/mol. The zero-order valence-electron chi connectivity index (χ0n) is 19.6. The maximum atomic E-state index is 14.2. The molecule has 3 aromatic carbocycles. The molecule has 0 aliphatic carbocycles. The second kappa shape index (κ2) is 10.4. The number of hydrogen-bond acceptors (Lipinski definition) is 6. The molecule has 0 radical (unpaired) electrons. The SMILES string of the molecule is CN(C)CCCN(C(=O)c1ccc(S(=O)(=O)Nc2ccccc2)cc1)c1nc2c(F)cc(F)cc2o1. The van der Waals surface area contributed by atoms with Gasteiger partial charge in [0.1, 0.15) is 11.3 Å².